The normalized spacial score (nSPS) is 13.4. The molecule has 5 nitrogen and oxygen atoms in total. The van der Waals surface area contributed by atoms with Crippen LogP contribution in [-0.4, -0.2) is 21.1 Å². The Kier molecular flexibility index (Phi) is 4.50. The van der Waals surface area contributed by atoms with E-state index in [0.29, 0.717) is 13.0 Å². The molecule has 0 heterocycles. The third kappa shape index (κ3) is 3.99. The number of ether oxygens (including phenoxy) is 1. The van der Waals surface area contributed by atoms with E-state index in [4.69, 9.17) is 15.6 Å². The van der Waals surface area contributed by atoms with E-state index in [-0.39, 0.29) is 16.7 Å². The molecule has 17 heavy (non-hydrogen) atoms. The van der Waals surface area contributed by atoms with Crippen molar-refractivity contribution in [2.24, 2.45) is 10.9 Å². The highest BCUT2D eigenvalue weighted by atomic mass is 32.2. The van der Waals surface area contributed by atoms with Crippen LogP contribution in [-0.2, 0) is 16.4 Å². The zero-order chi connectivity index (χ0) is 13.1. The number of benzene rings is 1. The molecule has 96 valence electrons. The first kappa shape index (κ1) is 14.0. The van der Waals surface area contributed by atoms with Crippen molar-refractivity contribution in [3.8, 4) is 5.75 Å². The summed E-state index contributed by atoms with van der Waals surface area (Å²) in [5.74, 6) is 0.281. The lowest BCUT2D eigenvalue weighted by molar-refractivity contribution is 0.331. The lowest BCUT2D eigenvalue weighted by Gasteiger charge is -2.11. The Morgan fingerprint density at radius 3 is 2.53 bits per heavy atom. The van der Waals surface area contributed by atoms with Crippen LogP contribution in [0.3, 0.4) is 0 Å². The minimum Gasteiger partial charge on any atom is -0.492 e. The molecule has 1 atom stereocenters. The van der Waals surface area contributed by atoms with E-state index in [1.165, 1.54) is 6.07 Å². The summed E-state index contributed by atoms with van der Waals surface area (Å²) in [6, 6.07) is 4.88. The second-order valence-corrected chi connectivity index (χ2v) is 5.47. The monoisotopic (exact) mass is 258 g/mol. The molecule has 0 unspecified atom stereocenters. The molecule has 0 saturated heterocycles. The quantitative estimate of drug-likeness (QED) is 0.809. The summed E-state index contributed by atoms with van der Waals surface area (Å²) in [5, 5.41) is 5.15. The van der Waals surface area contributed by atoms with Crippen molar-refractivity contribution < 1.29 is 13.2 Å². The fourth-order valence-corrected chi connectivity index (χ4v) is 2.27. The van der Waals surface area contributed by atoms with Crippen LogP contribution in [0.25, 0.3) is 0 Å². The van der Waals surface area contributed by atoms with Crippen LogP contribution in [0.5, 0.6) is 5.75 Å². The predicted molar refractivity (Wildman–Crippen MR) is 66.3 cm³/mol. The highest BCUT2D eigenvalue weighted by Crippen LogP contribution is 2.24. The van der Waals surface area contributed by atoms with Crippen LogP contribution < -0.4 is 15.6 Å². The van der Waals surface area contributed by atoms with E-state index in [1.807, 2.05) is 6.92 Å². The van der Waals surface area contributed by atoms with Gasteiger partial charge in [-0.05, 0) is 38.0 Å². The Bertz CT molecular complexity index is 483. The van der Waals surface area contributed by atoms with Gasteiger partial charge in [-0.3, -0.25) is 0 Å². The second kappa shape index (κ2) is 5.48. The molecule has 0 aliphatic rings. The smallest absolute Gasteiger partial charge is 0.241 e. The minimum absolute atomic E-state index is 0.0116. The van der Waals surface area contributed by atoms with Gasteiger partial charge >= 0.3 is 0 Å². The van der Waals surface area contributed by atoms with Gasteiger partial charge in [0.1, 0.15) is 10.6 Å². The van der Waals surface area contributed by atoms with Gasteiger partial charge in [0.25, 0.3) is 0 Å². The summed E-state index contributed by atoms with van der Waals surface area (Å²) in [4.78, 5) is 0.0116. The van der Waals surface area contributed by atoms with Gasteiger partial charge in [0, 0.05) is 6.04 Å². The van der Waals surface area contributed by atoms with E-state index >= 15 is 0 Å². The van der Waals surface area contributed by atoms with Crippen molar-refractivity contribution in [2.75, 3.05) is 6.61 Å². The molecule has 0 fully saturated rings. The Morgan fingerprint density at radius 2 is 2.06 bits per heavy atom. The third-order valence-corrected chi connectivity index (χ3v) is 3.10. The SMILES string of the molecule is CCOc1ccc(C[C@@H](C)N)cc1S(N)(=O)=O. The highest BCUT2D eigenvalue weighted by Gasteiger charge is 2.16. The summed E-state index contributed by atoms with van der Waals surface area (Å²) in [7, 11) is -3.78. The number of hydrogen-bond donors (Lipinski definition) is 2. The van der Waals surface area contributed by atoms with Gasteiger partial charge in [-0.2, -0.15) is 0 Å². The van der Waals surface area contributed by atoms with Gasteiger partial charge in [-0.1, -0.05) is 6.07 Å². The third-order valence-electron chi connectivity index (χ3n) is 2.17. The van der Waals surface area contributed by atoms with Crippen molar-refractivity contribution in [2.45, 2.75) is 31.2 Å². The number of hydrogen-bond acceptors (Lipinski definition) is 4. The van der Waals surface area contributed by atoms with Crippen molar-refractivity contribution in [1.82, 2.24) is 0 Å². The van der Waals surface area contributed by atoms with Gasteiger partial charge in [0.05, 0.1) is 6.61 Å². The molecule has 0 aliphatic carbocycles. The lowest BCUT2D eigenvalue weighted by Crippen LogP contribution is -2.19. The average molecular weight is 258 g/mol. The first-order chi connectivity index (χ1) is 7.84. The first-order valence-corrected chi connectivity index (χ1v) is 6.93. The molecule has 6 heteroatoms. The maximum absolute atomic E-state index is 11.4. The summed E-state index contributed by atoms with van der Waals surface area (Å²) in [6.45, 7) is 4.02. The molecule has 0 saturated carbocycles. The molecule has 0 bridgehead atoms. The van der Waals surface area contributed by atoms with E-state index in [0.717, 1.165) is 5.56 Å². The summed E-state index contributed by atoms with van der Waals surface area (Å²) >= 11 is 0. The van der Waals surface area contributed by atoms with Crippen LogP contribution in [0.1, 0.15) is 19.4 Å². The minimum atomic E-state index is -3.78. The summed E-state index contributed by atoms with van der Waals surface area (Å²) in [5.41, 5.74) is 6.49. The van der Waals surface area contributed by atoms with Crippen molar-refractivity contribution >= 4 is 10.0 Å². The van der Waals surface area contributed by atoms with Crippen molar-refractivity contribution in [3.05, 3.63) is 23.8 Å². The van der Waals surface area contributed by atoms with Crippen molar-refractivity contribution in [3.63, 3.8) is 0 Å². The Hall–Kier alpha value is -1.11. The number of sulfonamides is 1. The largest absolute Gasteiger partial charge is 0.492 e. The van der Waals surface area contributed by atoms with Crippen LogP contribution >= 0.6 is 0 Å². The fourth-order valence-electron chi connectivity index (χ4n) is 1.55. The van der Waals surface area contributed by atoms with Gasteiger partial charge in [0.15, 0.2) is 0 Å². The molecule has 1 rings (SSSR count). The molecular formula is C11H18N2O3S. The topological polar surface area (TPSA) is 95.4 Å². The lowest BCUT2D eigenvalue weighted by atomic mass is 10.1. The molecule has 0 amide bonds. The molecule has 1 aromatic carbocycles. The van der Waals surface area contributed by atoms with E-state index in [9.17, 15) is 8.42 Å². The second-order valence-electron chi connectivity index (χ2n) is 3.94. The van der Waals surface area contributed by atoms with Crippen molar-refractivity contribution in [1.29, 1.82) is 0 Å². The maximum Gasteiger partial charge on any atom is 0.241 e. The van der Waals surface area contributed by atoms with Gasteiger partial charge in [-0.25, -0.2) is 13.6 Å². The molecule has 0 radical (unpaired) electrons. The number of rotatable bonds is 5. The highest BCUT2D eigenvalue weighted by molar-refractivity contribution is 7.89. The Balaban J connectivity index is 3.20. The standard InChI is InChI=1S/C11H18N2O3S/c1-3-16-10-5-4-9(6-8(2)12)7-11(10)17(13,14)15/h4-5,7-8H,3,6,12H2,1-2H3,(H2,13,14,15)/t8-/m1/s1. The van der Waals surface area contributed by atoms with Crippen LogP contribution in [0, 0.1) is 0 Å². The number of primary sulfonamides is 1. The first-order valence-electron chi connectivity index (χ1n) is 5.38. The van der Waals surface area contributed by atoms with E-state index in [1.54, 1.807) is 19.1 Å². The molecule has 1 aromatic rings. The molecular weight excluding hydrogens is 240 g/mol. The van der Waals surface area contributed by atoms with Gasteiger partial charge in [0.2, 0.25) is 10.0 Å². The fraction of sp³-hybridized carbons (Fsp3) is 0.455. The summed E-state index contributed by atoms with van der Waals surface area (Å²) < 4.78 is 28.1. The molecule has 0 aliphatic heterocycles. The van der Waals surface area contributed by atoms with Crippen LogP contribution in [0.15, 0.2) is 23.1 Å². The predicted octanol–water partition coefficient (Wildman–Crippen LogP) is 0.622. The molecule has 0 aromatic heterocycles. The van der Waals surface area contributed by atoms with Crippen LogP contribution in [0.2, 0.25) is 0 Å². The van der Waals surface area contributed by atoms with E-state index < -0.39 is 10.0 Å². The van der Waals surface area contributed by atoms with Gasteiger partial charge in [-0.15, -0.1) is 0 Å². The average Bonchev–Trinajstić information content (AvgIpc) is 2.18. The Morgan fingerprint density at radius 1 is 1.41 bits per heavy atom. The maximum atomic E-state index is 11.4. The van der Waals surface area contributed by atoms with Gasteiger partial charge < -0.3 is 10.5 Å². The zero-order valence-electron chi connectivity index (χ0n) is 10.0. The number of nitrogens with two attached hydrogens (primary N) is 2. The Labute approximate surface area is 102 Å². The molecule has 0 spiro atoms. The van der Waals surface area contributed by atoms with Crippen LogP contribution in [0.4, 0.5) is 0 Å². The zero-order valence-corrected chi connectivity index (χ0v) is 10.8. The summed E-state index contributed by atoms with van der Waals surface area (Å²) in [6.07, 6.45) is 0.592. The van der Waals surface area contributed by atoms with E-state index in [2.05, 4.69) is 0 Å². The molecule has 4 N–H and O–H groups in total.